The fourth-order valence-corrected chi connectivity index (χ4v) is 3.28. The van der Waals surface area contributed by atoms with Crippen molar-refractivity contribution in [3.63, 3.8) is 0 Å². The second-order valence-corrected chi connectivity index (χ2v) is 7.00. The second kappa shape index (κ2) is 5.42. The van der Waals surface area contributed by atoms with Gasteiger partial charge in [-0.05, 0) is 18.6 Å². The molecule has 98 valence electrons. The van der Waals surface area contributed by atoms with Gasteiger partial charge in [0.2, 0.25) is 0 Å². The van der Waals surface area contributed by atoms with E-state index in [0.717, 1.165) is 16.3 Å². The molecule has 0 radical (unpaired) electrons. The molecule has 0 aliphatic carbocycles. The predicted molar refractivity (Wildman–Crippen MR) is 76.2 cm³/mol. The van der Waals surface area contributed by atoms with Gasteiger partial charge in [0.15, 0.2) is 0 Å². The zero-order valence-electron chi connectivity index (χ0n) is 11.1. The Morgan fingerprint density at radius 2 is 2.17 bits per heavy atom. The molecule has 2 rings (SSSR count). The van der Waals surface area contributed by atoms with E-state index in [0.29, 0.717) is 0 Å². The van der Waals surface area contributed by atoms with Gasteiger partial charge < -0.3 is 5.32 Å². The van der Waals surface area contributed by atoms with Gasteiger partial charge >= 0.3 is 0 Å². The van der Waals surface area contributed by atoms with Crippen molar-refractivity contribution < 1.29 is 0 Å². The first-order valence-electron chi connectivity index (χ1n) is 5.90. The van der Waals surface area contributed by atoms with E-state index in [1.807, 2.05) is 13.2 Å². The Morgan fingerprint density at radius 1 is 1.39 bits per heavy atom. The maximum atomic E-state index is 4.72. The van der Waals surface area contributed by atoms with E-state index in [4.69, 9.17) is 4.98 Å². The number of rotatable bonds is 4. The summed E-state index contributed by atoms with van der Waals surface area (Å²) in [4.78, 5) is 5.88. The summed E-state index contributed by atoms with van der Waals surface area (Å²) < 4.78 is 3.91. The van der Waals surface area contributed by atoms with Gasteiger partial charge in [0.25, 0.3) is 0 Å². The van der Waals surface area contributed by atoms with Gasteiger partial charge in [-0.2, -0.15) is 0 Å². The molecule has 0 aromatic carbocycles. The van der Waals surface area contributed by atoms with Gasteiger partial charge in [0, 0.05) is 17.2 Å². The predicted octanol–water partition coefficient (Wildman–Crippen LogP) is 2.80. The quantitative estimate of drug-likeness (QED) is 0.937. The van der Waals surface area contributed by atoms with E-state index in [9.17, 15) is 0 Å². The zero-order valence-corrected chi connectivity index (χ0v) is 12.7. The minimum atomic E-state index is 0.121. The average Bonchev–Trinajstić information content (AvgIpc) is 2.95. The van der Waals surface area contributed by atoms with Crippen molar-refractivity contribution in [1.82, 2.24) is 19.9 Å². The summed E-state index contributed by atoms with van der Waals surface area (Å²) in [7, 11) is 1.96. The number of thiazole rings is 1. The maximum Gasteiger partial charge on any atom is 0.0947 e. The lowest BCUT2D eigenvalue weighted by Gasteiger charge is -2.15. The maximum absolute atomic E-state index is 4.72. The van der Waals surface area contributed by atoms with Crippen molar-refractivity contribution in [1.29, 1.82) is 0 Å². The van der Waals surface area contributed by atoms with E-state index >= 15 is 0 Å². The first-order chi connectivity index (χ1) is 8.50. The molecule has 0 aliphatic rings. The Morgan fingerprint density at radius 3 is 2.67 bits per heavy atom. The molecule has 0 spiro atoms. The summed E-state index contributed by atoms with van der Waals surface area (Å²) in [6.07, 6.45) is 2.71. The second-order valence-electron chi connectivity index (χ2n) is 5.24. The molecule has 6 heteroatoms. The summed E-state index contributed by atoms with van der Waals surface area (Å²) in [6.45, 7) is 6.57. The molecule has 4 nitrogen and oxygen atoms in total. The van der Waals surface area contributed by atoms with E-state index in [1.54, 1.807) is 11.3 Å². The molecule has 0 saturated carbocycles. The van der Waals surface area contributed by atoms with Crippen LogP contribution in [0.1, 0.15) is 42.4 Å². The fraction of sp³-hybridized carbons (Fsp3) is 0.583. The molecule has 0 saturated heterocycles. The first kappa shape index (κ1) is 13.6. The minimum absolute atomic E-state index is 0.121. The third-order valence-corrected chi connectivity index (χ3v) is 4.42. The van der Waals surface area contributed by atoms with Crippen LogP contribution in [-0.2, 0) is 11.8 Å². The topological polar surface area (TPSA) is 50.7 Å². The van der Waals surface area contributed by atoms with Crippen molar-refractivity contribution in [3.05, 3.63) is 27.2 Å². The van der Waals surface area contributed by atoms with E-state index < -0.39 is 0 Å². The Hall–Kier alpha value is -0.850. The molecule has 2 aromatic rings. The van der Waals surface area contributed by atoms with Crippen molar-refractivity contribution in [2.45, 2.75) is 38.6 Å². The number of hydrogen-bond acceptors (Lipinski definition) is 6. The standard InChI is InChI=1S/C12H18N4S2/c1-12(2,3)10-7-17-11(15-10)5-8(13-4)9-6-14-16-18-9/h6-8,13H,5H2,1-4H3. The van der Waals surface area contributed by atoms with Crippen LogP contribution in [0.5, 0.6) is 0 Å². The molecular weight excluding hydrogens is 264 g/mol. The Balaban J connectivity index is 2.11. The van der Waals surface area contributed by atoms with Gasteiger partial charge in [-0.3, -0.25) is 0 Å². The van der Waals surface area contributed by atoms with Gasteiger partial charge in [-0.15, -0.1) is 16.4 Å². The highest BCUT2D eigenvalue weighted by molar-refractivity contribution is 7.09. The van der Waals surface area contributed by atoms with Crippen LogP contribution in [0.2, 0.25) is 0 Å². The van der Waals surface area contributed by atoms with Crippen LogP contribution < -0.4 is 5.32 Å². The molecule has 18 heavy (non-hydrogen) atoms. The van der Waals surface area contributed by atoms with Crippen LogP contribution in [-0.4, -0.2) is 21.6 Å². The third kappa shape index (κ3) is 3.13. The van der Waals surface area contributed by atoms with E-state index in [2.05, 4.69) is 41.1 Å². The lowest BCUT2D eigenvalue weighted by atomic mass is 9.93. The third-order valence-electron chi connectivity index (χ3n) is 2.77. The van der Waals surface area contributed by atoms with Crippen LogP contribution in [0.3, 0.4) is 0 Å². The number of nitrogens with zero attached hydrogens (tertiary/aromatic N) is 3. The highest BCUT2D eigenvalue weighted by Crippen LogP contribution is 2.27. The van der Waals surface area contributed by atoms with Gasteiger partial charge in [-0.25, -0.2) is 4.98 Å². The summed E-state index contributed by atoms with van der Waals surface area (Å²) in [5.41, 5.74) is 1.29. The van der Waals surface area contributed by atoms with E-state index in [1.165, 1.54) is 17.2 Å². The summed E-state index contributed by atoms with van der Waals surface area (Å²) >= 11 is 3.17. The van der Waals surface area contributed by atoms with Crippen LogP contribution in [0.15, 0.2) is 11.6 Å². The lowest BCUT2D eigenvalue weighted by molar-refractivity contribution is 0.562. The van der Waals surface area contributed by atoms with Gasteiger partial charge in [-0.1, -0.05) is 25.3 Å². The van der Waals surface area contributed by atoms with Crippen molar-refractivity contribution in [2.75, 3.05) is 7.05 Å². The number of nitrogens with one attached hydrogen (secondary N) is 1. The highest BCUT2D eigenvalue weighted by Gasteiger charge is 2.19. The SMILES string of the molecule is CNC(Cc1nc(C(C)(C)C)cs1)c1cnns1. The summed E-state index contributed by atoms with van der Waals surface area (Å²) in [6, 6.07) is 0.254. The molecule has 1 unspecified atom stereocenters. The monoisotopic (exact) mass is 282 g/mol. The normalized spacial score (nSPS) is 13.8. The van der Waals surface area contributed by atoms with Crippen LogP contribution in [0.25, 0.3) is 0 Å². The van der Waals surface area contributed by atoms with Gasteiger partial charge in [0.05, 0.1) is 27.8 Å². The smallest absolute Gasteiger partial charge is 0.0947 e. The summed E-state index contributed by atoms with van der Waals surface area (Å²) in [5.74, 6) is 0. The Labute approximate surface area is 116 Å². The van der Waals surface area contributed by atoms with E-state index in [-0.39, 0.29) is 11.5 Å². The fourth-order valence-electron chi connectivity index (χ4n) is 1.60. The molecule has 0 aliphatic heterocycles. The lowest BCUT2D eigenvalue weighted by Crippen LogP contribution is -2.18. The van der Waals surface area contributed by atoms with Crippen molar-refractivity contribution >= 4 is 22.9 Å². The Kier molecular flexibility index (Phi) is 4.09. The molecule has 0 fully saturated rings. The number of aromatic nitrogens is 3. The molecule has 0 bridgehead atoms. The van der Waals surface area contributed by atoms with Crippen LogP contribution in [0.4, 0.5) is 0 Å². The van der Waals surface area contributed by atoms with Crippen molar-refractivity contribution in [3.8, 4) is 0 Å². The minimum Gasteiger partial charge on any atom is -0.312 e. The van der Waals surface area contributed by atoms with Crippen LogP contribution in [0, 0.1) is 0 Å². The summed E-state index contributed by atoms with van der Waals surface area (Å²) in [5, 5.41) is 10.5. The van der Waals surface area contributed by atoms with Crippen LogP contribution >= 0.6 is 22.9 Å². The largest absolute Gasteiger partial charge is 0.312 e. The number of likely N-dealkylation sites (N-methyl/N-ethyl adjacent to an activating group) is 1. The molecule has 2 aromatic heterocycles. The molecule has 1 atom stereocenters. The highest BCUT2D eigenvalue weighted by atomic mass is 32.1. The molecule has 2 heterocycles. The average molecular weight is 282 g/mol. The Bertz CT molecular complexity index is 484. The molecular formula is C12H18N4S2. The number of hydrogen-bond donors (Lipinski definition) is 1. The zero-order chi connectivity index (χ0) is 13.2. The molecule has 1 N–H and O–H groups in total. The van der Waals surface area contributed by atoms with Gasteiger partial charge in [0.1, 0.15) is 0 Å². The van der Waals surface area contributed by atoms with Crippen molar-refractivity contribution in [2.24, 2.45) is 0 Å². The molecule has 0 amide bonds. The first-order valence-corrected chi connectivity index (χ1v) is 7.55.